The zero-order valence-corrected chi connectivity index (χ0v) is 12.9. The zero-order chi connectivity index (χ0) is 12.3. The van der Waals surface area contributed by atoms with Crippen molar-refractivity contribution in [1.82, 2.24) is 5.32 Å². The van der Waals surface area contributed by atoms with E-state index in [-0.39, 0.29) is 11.4 Å². The van der Waals surface area contributed by atoms with E-state index >= 15 is 0 Å². The van der Waals surface area contributed by atoms with Crippen LogP contribution in [-0.4, -0.2) is 16.8 Å². The number of carbonyl (C=O) groups excluding carboxylic acids is 1. The van der Waals surface area contributed by atoms with Gasteiger partial charge < -0.3 is 5.32 Å². The Kier molecular flexibility index (Phi) is 4.83. The van der Waals surface area contributed by atoms with Crippen LogP contribution >= 0.6 is 43.5 Å². The number of hydrogen-bond donors (Lipinski definition) is 1. The third kappa shape index (κ3) is 3.75. The molecule has 0 aromatic heterocycles. The lowest BCUT2D eigenvalue weighted by molar-refractivity contribution is 0.0921. The Hall–Kier alpha value is -0.0600. The summed E-state index contributed by atoms with van der Waals surface area (Å²) in [5.74, 6) is -0.109. The fourth-order valence-electron chi connectivity index (χ4n) is 1.05. The van der Waals surface area contributed by atoms with Crippen LogP contribution < -0.4 is 5.32 Å². The number of carbonyl (C=O) groups is 1. The number of rotatable bonds is 3. The van der Waals surface area contributed by atoms with Crippen molar-refractivity contribution in [3.8, 4) is 0 Å². The lowest BCUT2D eigenvalue weighted by atomic mass is 10.1. The third-order valence-corrected chi connectivity index (χ3v) is 4.58. The summed E-state index contributed by atoms with van der Waals surface area (Å²) in [5, 5.41) is 4.21. The number of amides is 1. The maximum atomic E-state index is 11.9. The molecule has 0 unspecified atom stereocenters. The maximum Gasteiger partial charge on any atom is 0.251 e. The van der Waals surface area contributed by atoms with Crippen LogP contribution in [0.4, 0.5) is 0 Å². The molecule has 0 aliphatic heterocycles. The van der Waals surface area contributed by atoms with Gasteiger partial charge in [-0.3, -0.25) is 4.79 Å². The SMILES string of the molecule is CC(C)(CBr)NC(=O)c1ccc(Cl)c(Br)c1. The van der Waals surface area contributed by atoms with E-state index in [9.17, 15) is 4.79 Å². The summed E-state index contributed by atoms with van der Waals surface area (Å²) < 4.78 is 0.721. The fourth-order valence-corrected chi connectivity index (χ4v) is 1.69. The minimum Gasteiger partial charge on any atom is -0.346 e. The number of hydrogen-bond acceptors (Lipinski definition) is 1. The van der Waals surface area contributed by atoms with Crippen molar-refractivity contribution >= 4 is 49.4 Å². The topological polar surface area (TPSA) is 29.1 Å². The first-order valence-electron chi connectivity index (χ1n) is 4.69. The van der Waals surface area contributed by atoms with Gasteiger partial charge in [0.05, 0.1) is 5.02 Å². The number of halogens is 3. The molecule has 0 saturated heterocycles. The van der Waals surface area contributed by atoms with Gasteiger partial charge in [0.15, 0.2) is 0 Å². The molecule has 0 radical (unpaired) electrons. The second-order valence-corrected chi connectivity index (χ2v) is 5.92. The molecule has 1 aromatic rings. The van der Waals surface area contributed by atoms with E-state index in [4.69, 9.17) is 11.6 Å². The summed E-state index contributed by atoms with van der Waals surface area (Å²) >= 11 is 12.5. The summed E-state index contributed by atoms with van der Waals surface area (Å²) in [7, 11) is 0. The van der Waals surface area contributed by atoms with Crippen LogP contribution in [0.3, 0.4) is 0 Å². The van der Waals surface area contributed by atoms with Crippen molar-refractivity contribution in [1.29, 1.82) is 0 Å². The van der Waals surface area contributed by atoms with E-state index in [1.807, 2.05) is 13.8 Å². The Balaban J connectivity index is 2.85. The van der Waals surface area contributed by atoms with Gasteiger partial charge in [-0.15, -0.1) is 0 Å². The van der Waals surface area contributed by atoms with E-state index in [1.54, 1.807) is 18.2 Å². The molecule has 88 valence electrons. The smallest absolute Gasteiger partial charge is 0.251 e. The van der Waals surface area contributed by atoms with Gasteiger partial charge in [0.25, 0.3) is 5.91 Å². The van der Waals surface area contributed by atoms with Crippen LogP contribution in [0.5, 0.6) is 0 Å². The first-order valence-corrected chi connectivity index (χ1v) is 6.98. The molecule has 1 amide bonds. The number of nitrogens with one attached hydrogen (secondary N) is 1. The fraction of sp³-hybridized carbons (Fsp3) is 0.364. The second kappa shape index (κ2) is 5.52. The summed E-state index contributed by atoms with van der Waals surface area (Å²) in [6, 6.07) is 5.11. The van der Waals surface area contributed by atoms with Crippen molar-refractivity contribution < 1.29 is 4.79 Å². The maximum absolute atomic E-state index is 11.9. The molecule has 0 aliphatic carbocycles. The highest BCUT2D eigenvalue weighted by Crippen LogP contribution is 2.23. The molecule has 0 fully saturated rings. The van der Waals surface area contributed by atoms with Crippen molar-refractivity contribution in [2.45, 2.75) is 19.4 Å². The molecule has 0 heterocycles. The third-order valence-electron chi connectivity index (χ3n) is 1.97. The van der Waals surface area contributed by atoms with Gasteiger partial charge in [0, 0.05) is 20.9 Å². The van der Waals surface area contributed by atoms with Gasteiger partial charge in [0.1, 0.15) is 0 Å². The highest BCUT2D eigenvalue weighted by Gasteiger charge is 2.19. The highest BCUT2D eigenvalue weighted by molar-refractivity contribution is 9.10. The van der Waals surface area contributed by atoms with E-state index in [0.29, 0.717) is 15.9 Å². The molecule has 5 heteroatoms. The highest BCUT2D eigenvalue weighted by atomic mass is 79.9. The van der Waals surface area contributed by atoms with Crippen molar-refractivity contribution in [3.63, 3.8) is 0 Å². The van der Waals surface area contributed by atoms with Gasteiger partial charge in [-0.05, 0) is 48.0 Å². The van der Waals surface area contributed by atoms with Crippen LogP contribution in [0.1, 0.15) is 24.2 Å². The van der Waals surface area contributed by atoms with E-state index in [1.165, 1.54) is 0 Å². The van der Waals surface area contributed by atoms with Crippen LogP contribution in [-0.2, 0) is 0 Å². The van der Waals surface area contributed by atoms with Crippen molar-refractivity contribution in [3.05, 3.63) is 33.3 Å². The molecule has 0 atom stereocenters. The Morgan fingerprint density at radius 2 is 2.12 bits per heavy atom. The second-order valence-electron chi connectivity index (χ2n) is 4.10. The Morgan fingerprint density at radius 3 is 2.62 bits per heavy atom. The molecule has 1 aromatic carbocycles. The standard InChI is InChI=1S/C11H12Br2ClNO/c1-11(2,6-12)15-10(16)7-3-4-9(14)8(13)5-7/h3-5H,6H2,1-2H3,(H,15,16). The summed E-state index contributed by atoms with van der Waals surface area (Å²) in [5.41, 5.74) is 0.314. The zero-order valence-electron chi connectivity index (χ0n) is 8.98. The molecule has 0 spiro atoms. The Bertz CT molecular complexity index is 407. The quantitative estimate of drug-likeness (QED) is 0.802. The molecule has 1 N–H and O–H groups in total. The molecule has 2 nitrogen and oxygen atoms in total. The van der Waals surface area contributed by atoms with Crippen LogP contribution in [0.2, 0.25) is 5.02 Å². The minimum atomic E-state index is -0.275. The molecule has 1 rings (SSSR count). The number of alkyl halides is 1. The predicted octanol–water partition coefficient (Wildman–Crippen LogP) is 4.01. The van der Waals surface area contributed by atoms with Gasteiger partial charge in [-0.2, -0.15) is 0 Å². The Morgan fingerprint density at radius 1 is 1.50 bits per heavy atom. The lowest BCUT2D eigenvalue weighted by Crippen LogP contribution is -2.44. The first-order chi connectivity index (χ1) is 7.35. The van der Waals surface area contributed by atoms with Gasteiger partial charge in [-0.1, -0.05) is 27.5 Å². The first kappa shape index (κ1) is 14.0. The van der Waals surface area contributed by atoms with Gasteiger partial charge >= 0.3 is 0 Å². The van der Waals surface area contributed by atoms with Crippen molar-refractivity contribution in [2.75, 3.05) is 5.33 Å². The van der Waals surface area contributed by atoms with E-state index < -0.39 is 0 Å². The van der Waals surface area contributed by atoms with Crippen LogP contribution in [0.15, 0.2) is 22.7 Å². The van der Waals surface area contributed by atoms with Crippen LogP contribution in [0.25, 0.3) is 0 Å². The minimum absolute atomic E-state index is 0.109. The average Bonchev–Trinajstić information content (AvgIpc) is 2.21. The summed E-state index contributed by atoms with van der Waals surface area (Å²) in [4.78, 5) is 11.9. The summed E-state index contributed by atoms with van der Waals surface area (Å²) in [6.07, 6.45) is 0. The molecule has 0 aliphatic rings. The average molecular weight is 369 g/mol. The molecular formula is C11H12Br2ClNO. The normalized spacial score (nSPS) is 11.3. The van der Waals surface area contributed by atoms with E-state index in [2.05, 4.69) is 37.2 Å². The molecular weight excluding hydrogens is 357 g/mol. The molecule has 0 bridgehead atoms. The predicted molar refractivity (Wildman–Crippen MR) is 74.5 cm³/mol. The monoisotopic (exact) mass is 367 g/mol. The van der Waals surface area contributed by atoms with Gasteiger partial charge in [-0.25, -0.2) is 0 Å². The van der Waals surface area contributed by atoms with E-state index in [0.717, 1.165) is 4.47 Å². The molecule has 0 saturated carbocycles. The Labute approximate surface area is 117 Å². The van der Waals surface area contributed by atoms with Crippen LogP contribution in [0, 0.1) is 0 Å². The van der Waals surface area contributed by atoms with Crippen molar-refractivity contribution in [2.24, 2.45) is 0 Å². The number of benzene rings is 1. The van der Waals surface area contributed by atoms with Gasteiger partial charge in [0.2, 0.25) is 0 Å². The summed E-state index contributed by atoms with van der Waals surface area (Å²) in [6.45, 7) is 3.90. The largest absolute Gasteiger partial charge is 0.346 e. The molecule has 16 heavy (non-hydrogen) atoms. The lowest BCUT2D eigenvalue weighted by Gasteiger charge is -2.23.